The lowest BCUT2D eigenvalue weighted by Gasteiger charge is -2.40. The highest BCUT2D eigenvalue weighted by molar-refractivity contribution is 7.87. The van der Waals surface area contributed by atoms with E-state index in [4.69, 9.17) is 4.74 Å². The van der Waals surface area contributed by atoms with Crippen molar-refractivity contribution in [2.24, 2.45) is 17.8 Å². The second-order valence-corrected chi connectivity index (χ2v) is 8.91. The third-order valence-electron chi connectivity index (χ3n) is 4.79. The van der Waals surface area contributed by atoms with E-state index in [1.807, 2.05) is 0 Å². The summed E-state index contributed by atoms with van der Waals surface area (Å²) in [5, 5.41) is 0. The Morgan fingerprint density at radius 1 is 1.22 bits per heavy atom. The number of likely N-dealkylation sites (tertiary alicyclic amines) is 1. The summed E-state index contributed by atoms with van der Waals surface area (Å²) in [6, 6.07) is -0.428. The van der Waals surface area contributed by atoms with Gasteiger partial charge in [0.25, 0.3) is 0 Å². The van der Waals surface area contributed by atoms with Gasteiger partial charge in [0.15, 0.2) is 0 Å². The molecule has 0 aromatic rings. The smallest absolute Gasteiger partial charge is 0.444 e. The second kappa shape index (κ2) is 4.33. The number of hydrogen-bond donors (Lipinski definition) is 0. The Kier molecular flexibility index (Phi) is 3.16. The Hall–Kier alpha value is -1.03. The number of piperidine rings is 2. The maximum absolute atomic E-state index is 12.5. The lowest BCUT2D eigenvalue weighted by Crippen LogP contribution is -2.53. The number of amides is 1. The Bertz CT molecular complexity index is 656. The molecule has 2 saturated carbocycles. The van der Waals surface area contributed by atoms with Crippen LogP contribution in [0.4, 0.5) is 18.0 Å². The molecule has 1 aliphatic heterocycles. The molecule has 2 aliphatic carbocycles. The molecular weight excluding hydrogens is 339 g/mol. The molecular formula is C13H18F3NO5S. The Labute approximate surface area is 132 Å². The van der Waals surface area contributed by atoms with Crippen molar-refractivity contribution in [1.29, 1.82) is 0 Å². The largest absolute Gasteiger partial charge is 0.523 e. The van der Waals surface area contributed by atoms with Crippen LogP contribution in [0, 0.1) is 17.8 Å². The summed E-state index contributed by atoms with van der Waals surface area (Å²) in [6.07, 6.45) is -0.548. The van der Waals surface area contributed by atoms with Crippen LogP contribution in [0.3, 0.4) is 0 Å². The van der Waals surface area contributed by atoms with E-state index in [2.05, 4.69) is 4.18 Å². The van der Waals surface area contributed by atoms with Crippen LogP contribution in [-0.4, -0.2) is 48.7 Å². The molecule has 3 rings (SSSR count). The van der Waals surface area contributed by atoms with E-state index in [9.17, 15) is 26.4 Å². The van der Waals surface area contributed by atoms with Gasteiger partial charge < -0.3 is 9.64 Å². The van der Waals surface area contributed by atoms with Crippen LogP contribution in [-0.2, 0) is 19.0 Å². The van der Waals surface area contributed by atoms with E-state index < -0.39 is 44.9 Å². The summed E-state index contributed by atoms with van der Waals surface area (Å²) in [6.45, 7) is 6.96. The predicted octanol–water partition coefficient (Wildman–Crippen LogP) is 2.11. The van der Waals surface area contributed by atoms with E-state index in [1.165, 1.54) is 4.90 Å². The van der Waals surface area contributed by atoms with Crippen LogP contribution in [0.15, 0.2) is 0 Å². The van der Waals surface area contributed by atoms with Crippen molar-refractivity contribution in [1.82, 2.24) is 4.90 Å². The first-order valence-corrected chi connectivity index (χ1v) is 8.65. The quantitative estimate of drug-likeness (QED) is 0.559. The van der Waals surface area contributed by atoms with Crippen molar-refractivity contribution < 1.29 is 35.3 Å². The maximum Gasteiger partial charge on any atom is 0.523 e. The van der Waals surface area contributed by atoms with Crippen LogP contribution in [0.2, 0.25) is 0 Å². The molecule has 0 radical (unpaired) electrons. The number of rotatable bonds is 2. The summed E-state index contributed by atoms with van der Waals surface area (Å²) in [4.78, 5) is 13.5. The van der Waals surface area contributed by atoms with Crippen molar-refractivity contribution in [3.8, 4) is 0 Å². The molecule has 132 valence electrons. The first kappa shape index (κ1) is 16.8. The first-order chi connectivity index (χ1) is 10.2. The molecule has 10 heteroatoms. The van der Waals surface area contributed by atoms with Crippen LogP contribution in [0.5, 0.6) is 0 Å². The highest BCUT2D eigenvalue weighted by Gasteiger charge is 2.93. The summed E-state index contributed by atoms with van der Waals surface area (Å²) in [5.74, 6) is -1.01. The number of fused-ring (bicyclic) bond motifs is 2. The second-order valence-electron chi connectivity index (χ2n) is 7.37. The van der Waals surface area contributed by atoms with Crippen LogP contribution >= 0.6 is 0 Å². The summed E-state index contributed by atoms with van der Waals surface area (Å²) in [7, 11) is -5.62. The zero-order valence-corrected chi connectivity index (χ0v) is 13.9. The highest BCUT2D eigenvalue weighted by atomic mass is 32.2. The summed E-state index contributed by atoms with van der Waals surface area (Å²) < 4.78 is 69.6. The van der Waals surface area contributed by atoms with E-state index in [0.29, 0.717) is 0 Å². The molecule has 3 unspecified atom stereocenters. The van der Waals surface area contributed by atoms with Crippen molar-refractivity contribution in [2.45, 2.75) is 50.4 Å². The number of ether oxygens (including phenoxy) is 1. The zero-order valence-electron chi connectivity index (χ0n) is 13.0. The van der Waals surface area contributed by atoms with E-state index in [0.717, 1.165) is 0 Å². The molecule has 0 aromatic carbocycles. The van der Waals surface area contributed by atoms with Crippen molar-refractivity contribution in [2.75, 3.05) is 6.54 Å². The van der Waals surface area contributed by atoms with Crippen LogP contribution in [0.1, 0.15) is 27.7 Å². The predicted molar refractivity (Wildman–Crippen MR) is 71.7 cm³/mol. The Balaban J connectivity index is 1.69. The van der Waals surface area contributed by atoms with Gasteiger partial charge in [-0.15, -0.1) is 0 Å². The van der Waals surface area contributed by atoms with Crippen LogP contribution in [0.25, 0.3) is 0 Å². The van der Waals surface area contributed by atoms with Gasteiger partial charge in [0.1, 0.15) is 11.2 Å². The molecule has 0 bridgehead atoms. The van der Waals surface area contributed by atoms with Gasteiger partial charge in [0.2, 0.25) is 0 Å². The molecule has 0 N–H and O–H groups in total. The molecule has 1 amide bonds. The van der Waals surface area contributed by atoms with Crippen molar-refractivity contribution >= 4 is 16.2 Å². The number of hydrogen-bond acceptors (Lipinski definition) is 5. The van der Waals surface area contributed by atoms with Gasteiger partial charge in [-0.2, -0.15) is 21.6 Å². The first-order valence-electron chi connectivity index (χ1n) is 7.24. The number of alkyl halides is 3. The average Bonchev–Trinajstić information content (AvgIpc) is 3.13. The summed E-state index contributed by atoms with van der Waals surface area (Å²) in [5.41, 5.74) is -7.38. The standard InChI is InChI=1S/C13H18F3NO5S/c1-6-8-9-7(5-17(6)10(18)21-11(2,3)4)12(8,9)22-23(19,20)13(14,15)16/h6-9H,5H2,1-4H3/t6?,7?,8?,9-,12+/m0/s1. The van der Waals surface area contributed by atoms with Gasteiger partial charge in [-0.05, 0) is 27.7 Å². The molecule has 0 spiro atoms. The lowest BCUT2D eigenvalue weighted by atomic mass is 9.90. The number of nitrogens with zero attached hydrogens (tertiary/aromatic N) is 1. The van der Waals surface area contributed by atoms with Gasteiger partial charge in [0, 0.05) is 30.3 Å². The molecule has 6 nitrogen and oxygen atoms in total. The third-order valence-corrected chi connectivity index (χ3v) is 5.87. The molecule has 1 saturated heterocycles. The minimum absolute atomic E-state index is 0.143. The fourth-order valence-electron chi connectivity index (χ4n) is 3.78. The SMILES string of the molecule is CC1C2[C@@H]3C(CN1C(=O)OC(C)(C)C)[C@@]23OS(=O)(=O)C(F)(F)F. The fourth-order valence-corrected chi connectivity index (χ4v) is 4.60. The molecule has 3 fully saturated rings. The van der Waals surface area contributed by atoms with Gasteiger partial charge >= 0.3 is 21.7 Å². The monoisotopic (exact) mass is 357 g/mol. The molecule has 0 aromatic heterocycles. The van der Waals surface area contributed by atoms with Gasteiger partial charge in [-0.3, -0.25) is 4.18 Å². The molecule has 5 atom stereocenters. The van der Waals surface area contributed by atoms with Crippen LogP contribution < -0.4 is 0 Å². The van der Waals surface area contributed by atoms with E-state index in [-0.39, 0.29) is 18.4 Å². The fraction of sp³-hybridized carbons (Fsp3) is 0.923. The van der Waals surface area contributed by atoms with Gasteiger partial charge in [-0.25, -0.2) is 4.79 Å². The average molecular weight is 357 g/mol. The molecule has 23 heavy (non-hydrogen) atoms. The molecule has 1 heterocycles. The number of halogens is 3. The third kappa shape index (κ3) is 2.33. The topological polar surface area (TPSA) is 72.9 Å². The van der Waals surface area contributed by atoms with Crippen molar-refractivity contribution in [3.05, 3.63) is 0 Å². The van der Waals surface area contributed by atoms with Gasteiger partial charge in [0.05, 0.1) is 0 Å². The summed E-state index contributed by atoms with van der Waals surface area (Å²) >= 11 is 0. The minimum Gasteiger partial charge on any atom is -0.444 e. The van der Waals surface area contributed by atoms with Crippen molar-refractivity contribution in [3.63, 3.8) is 0 Å². The maximum atomic E-state index is 12.5. The number of carbonyl (C=O) groups excluding carboxylic acids is 1. The zero-order chi connectivity index (χ0) is 17.6. The van der Waals surface area contributed by atoms with E-state index in [1.54, 1.807) is 27.7 Å². The number of carbonyl (C=O) groups is 1. The molecule has 3 aliphatic rings. The Morgan fingerprint density at radius 2 is 1.78 bits per heavy atom. The normalized spacial score (nSPS) is 38.8. The lowest BCUT2D eigenvalue weighted by molar-refractivity contribution is -0.0630. The van der Waals surface area contributed by atoms with Gasteiger partial charge in [-0.1, -0.05) is 0 Å². The van der Waals surface area contributed by atoms with E-state index >= 15 is 0 Å². The minimum atomic E-state index is -5.62. The highest BCUT2D eigenvalue weighted by Crippen LogP contribution is 2.83. The Morgan fingerprint density at radius 3 is 2.22 bits per heavy atom.